The Kier molecular flexibility index (Phi) is 7.78. The van der Waals surface area contributed by atoms with Crippen molar-refractivity contribution in [1.29, 1.82) is 0 Å². The molecule has 3 nitrogen and oxygen atoms in total. The number of benzene rings is 2. The number of hydrogen-bond acceptors (Lipinski definition) is 2. The lowest BCUT2D eigenvalue weighted by atomic mass is 10.0. The van der Waals surface area contributed by atoms with Crippen molar-refractivity contribution in [3.63, 3.8) is 0 Å². The van der Waals surface area contributed by atoms with E-state index in [1.54, 1.807) is 6.07 Å². The van der Waals surface area contributed by atoms with Crippen molar-refractivity contribution in [3.05, 3.63) is 95.8 Å². The van der Waals surface area contributed by atoms with Gasteiger partial charge in [-0.1, -0.05) is 43.3 Å². The Bertz CT molecular complexity index is 894. The molecule has 27 heavy (non-hydrogen) atoms. The van der Waals surface area contributed by atoms with Crippen LogP contribution in [0.15, 0.2) is 79.1 Å². The van der Waals surface area contributed by atoms with Crippen LogP contribution < -0.4 is 21.7 Å². The lowest BCUT2D eigenvalue weighted by Gasteiger charge is -2.19. The van der Waals surface area contributed by atoms with Crippen molar-refractivity contribution >= 4 is 18.6 Å². The summed E-state index contributed by atoms with van der Waals surface area (Å²) < 4.78 is 8.13. The van der Waals surface area contributed by atoms with Crippen LogP contribution in [0.5, 0.6) is 5.75 Å². The van der Waals surface area contributed by atoms with Crippen LogP contribution in [0.4, 0.5) is 0 Å². The van der Waals surface area contributed by atoms with Gasteiger partial charge in [0.25, 0.3) is 0 Å². The fraction of sp³-hybridized carbons (Fsp3) is 0.130. The third-order valence-corrected chi connectivity index (χ3v) is 4.15. The van der Waals surface area contributed by atoms with E-state index in [1.807, 2.05) is 65.6 Å². The quantitative estimate of drug-likeness (QED) is 0.464. The van der Waals surface area contributed by atoms with Gasteiger partial charge in [0.15, 0.2) is 24.9 Å². The number of ether oxygens (including phenoxy) is 1. The molecule has 138 valence electrons. The molecule has 3 rings (SSSR count). The topological polar surface area (TPSA) is 30.2 Å². The van der Waals surface area contributed by atoms with Gasteiger partial charge in [-0.2, -0.15) is 4.57 Å². The van der Waals surface area contributed by atoms with Crippen LogP contribution in [0.1, 0.15) is 40.9 Å². The first-order valence-corrected chi connectivity index (χ1v) is 8.75. The fourth-order valence-electron chi connectivity index (χ4n) is 2.77. The Morgan fingerprint density at radius 2 is 1.78 bits per heavy atom. The zero-order chi connectivity index (χ0) is 18.2. The zero-order valence-electron chi connectivity index (χ0n) is 15.2. The molecule has 3 aromatic rings. The number of rotatable bonds is 7. The van der Waals surface area contributed by atoms with Gasteiger partial charge < -0.3 is 17.1 Å². The van der Waals surface area contributed by atoms with Gasteiger partial charge in [0.05, 0.1) is 5.56 Å². The molecule has 1 aromatic heterocycles. The van der Waals surface area contributed by atoms with Gasteiger partial charge in [-0.15, -0.1) is 0 Å². The number of aldehydes is 1. The number of nitrogens with zero attached hydrogens (tertiary/aromatic N) is 1. The third-order valence-electron chi connectivity index (χ3n) is 4.15. The molecule has 0 aliphatic heterocycles. The molecule has 4 heteroatoms. The average molecular weight is 380 g/mol. The molecule has 0 saturated carbocycles. The first kappa shape index (κ1) is 20.4. The van der Waals surface area contributed by atoms with Crippen LogP contribution in [0, 0.1) is 0 Å². The van der Waals surface area contributed by atoms with Crippen LogP contribution in [-0.4, -0.2) is 6.29 Å². The van der Waals surface area contributed by atoms with E-state index >= 15 is 0 Å². The zero-order valence-corrected chi connectivity index (χ0v) is 15.9. The second-order valence-electron chi connectivity index (χ2n) is 5.98. The smallest absolute Gasteiger partial charge is 0.175 e. The molecule has 0 bridgehead atoms. The van der Waals surface area contributed by atoms with E-state index in [-0.39, 0.29) is 18.5 Å². The highest BCUT2D eigenvalue weighted by atomic mass is 35.5. The van der Waals surface area contributed by atoms with Gasteiger partial charge in [0.1, 0.15) is 11.9 Å². The van der Waals surface area contributed by atoms with Gasteiger partial charge in [-0.25, -0.2) is 0 Å². The van der Waals surface area contributed by atoms with Gasteiger partial charge in [0.2, 0.25) is 0 Å². The number of para-hydroxylation sites is 1. The minimum Gasteiger partial charge on any atom is -1.00 e. The Morgan fingerprint density at radius 1 is 1.00 bits per heavy atom. The molecule has 2 aromatic carbocycles. The van der Waals surface area contributed by atoms with Crippen LogP contribution in [0.2, 0.25) is 0 Å². The third kappa shape index (κ3) is 5.53. The molecule has 0 spiro atoms. The summed E-state index contributed by atoms with van der Waals surface area (Å²) in [7, 11) is 0. The summed E-state index contributed by atoms with van der Waals surface area (Å²) in [5, 5.41) is 0. The first-order valence-electron chi connectivity index (χ1n) is 8.75. The number of halogens is 1. The summed E-state index contributed by atoms with van der Waals surface area (Å²) in [6, 6.07) is 21.6. The maximum atomic E-state index is 11.2. The predicted molar refractivity (Wildman–Crippen MR) is 104 cm³/mol. The van der Waals surface area contributed by atoms with Gasteiger partial charge in [-0.3, -0.25) is 4.79 Å². The number of pyridine rings is 1. The Labute approximate surface area is 166 Å². The minimum absolute atomic E-state index is 0. The number of carbonyl (C=O) groups excluding carboxylic acids is 1. The normalized spacial score (nSPS) is 11.6. The van der Waals surface area contributed by atoms with Crippen molar-refractivity contribution in [2.45, 2.75) is 19.4 Å². The predicted octanol–water partition coefficient (Wildman–Crippen LogP) is 1.95. The monoisotopic (exact) mass is 379 g/mol. The second-order valence-corrected chi connectivity index (χ2v) is 5.98. The maximum absolute atomic E-state index is 11.2. The molecule has 0 aliphatic carbocycles. The number of hydrogen-bond donors (Lipinski definition) is 0. The van der Waals surface area contributed by atoms with Crippen LogP contribution in [0.3, 0.4) is 0 Å². The van der Waals surface area contributed by atoms with Crippen LogP contribution in [-0.2, 0) is 0 Å². The number of carbonyl (C=O) groups is 1. The molecule has 1 heterocycles. The molecule has 0 aliphatic rings. The van der Waals surface area contributed by atoms with Crippen molar-refractivity contribution in [2.75, 3.05) is 0 Å². The Balaban J connectivity index is 0.00000261. The van der Waals surface area contributed by atoms with E-state index in [4.69, 9.17) is 4.74 Å². The first-order chi connectivity index (χ1) is 12.8. The Hall–Kier alpha value is -2.91. The van der Waals surface area contributed by atoms with Crippen LogP contribution >= 0.6 is 0 Å². The van der Waals surface area contributed by atoms with E-state index in [0.717, 1.165) is 23.8 Å². The van der Waals surface area contributed by atoms with Crippen molar-refractivity contribution in [2.24, 2.45) is 0 Å². The SMILES string of the molecule is CCC(Oc1ccccc1C=O)c1cccc(C=C[n+]2ccccc2)c1.[Cl-]. The molecule has 0 N–H and O–H groups in total. The summed E-state index contributed by atoms with van der Waals surface area (Å²) >= 11 is 0. The summed E-state index contributed by atoms with van der Waals surface area (Å²) in [6.07, 6.45) is 9.61. The van der Waals surface area contributed by atoms with Gasteiger partial charge >= 0.3 is 0 Å². The highest BCUT2D eigenvalue weighted by Crippen LogP contribution is 2.27. The van der Waals surface area contributed by atoms with Gasteiger partial charge in [0, 0.05) is 18.2 Å². The summed E-state index contributed by atoms with van der Waals surface area (Å²) in [5.74, 6) is 0.620. The maximum Gasteiger partial charge on any atom is 0.175 e. The molecule has 0 amide bonds. The molecule has 1 atom stereocenters. The average Bonchev–Trinajstić information content (AvgIpc) is 2.71. The molecular weight excluding hydrogens is 358 g/mol. The van der Waals surface area contributed by atoms with E-state index < -0.39 is 0 Å². The van der Waals surface area contributed by atoms with E-state index in [1.165, 1.54) is 0 Å². The summed E-state index contributed by atoms with van der Waals surface area (Å²) in [5.41, 5.74) is 2.76. The highest BCUT2D eigenvalue weighted by molar-refractivity contribution is 5.79. The lowest BCUT2D eigenvalue weighted by molar-refractivity contribution is -0.567. The lowest BCUT2D eigenvalue weighted by Crippen LogP contribution is -3.00. The van der Waals surface area contributed by atoms with Crippen molar-refractivity contribution in [1.82, 2.24) is 0 Å². The summed E-state index contributed by atoms with van der Waals surface area (Å²) in [4.78, 5) is 11.2. The van der Waals surface area contributed by atoms with E-state index in [2.05, 4.69) is 31.2 Å². The molecule has 0 radical (unpaired) electrons. The standard InChI is InChI=1S/C23H22NO2.ClH/c1-2-22(26-23-12-5-4-10-21(23)18-25)20-11-8-9-19(17-20)13-16-24-14-6-3-7-15-24;/h3-18,22H,2H2,1H3;1H/q+1;/p-1. The molecule has 0 fully saturated rings. The Morgan fingerprint density at radius 3 is 2.52 bits per heavy atom. The van der Waals surface area contributed by atoms with E-state index in [9.17, 15) is 4.79 Å². The largest absolute Gasteiger partial charge is 1.00 e. The number of aromatic nitrogens is 1. The molecule has 0 saturated heterocycles. The summed E-state index contributed by atoms with van der Waals surface area (Å²) in [6.45, 7) is 2.08. The second kappa shape index (κ2) is 10.3. The van der Waals surface area contributed by atoms with Crippen LogP contribution in [0.25, 0.3) is 12.3 Å². The van der Waals surface area contributed by atoms with E-state index in [0.29, 0.717) is 11.3 Å². The molecular formula is C23H22ClNO2. The van der Waals surface area contributed by atoms with Crippen molar-refractivity contribution in [3.8, 4) is 5.75 Å². The fourth-order valence-corrected chi connectivity index (χ4v) is 2.77. The highest BCUT2D eigenvalue weighted by Gasteiger charge is 2.13. The minimum atomic E-state index is -0.103. The molecule has 1 unspecified atom stereocenters. The van der Waals surface area contributed by atoms with Gasteiger partial charge in [-0.05, 0) is 35.7 Å². The van der Waals surface area contributed by atoms with Crippen molar-refractivity contribution < 1.29 is 26.5 Å².